The Morgan fingerprint density at radius 3 is 3.11 bits per heavy atom. The first-order valence-corrected chi connectivity index (χ1v) is 4.40. The molecule has 1 N–H and O–H groups in total. The van der Waals surface area contributed by atoms with Gasteiger partial charge in [0.05, 0.1) is 0 Å². The van der Waals surface area contributed by atoms with Gasteiger partial charge < -0.3 is 5.32 Å². The molecule has 2 nitrogen and oxygen atoms in total. The smallest absolute Gasteiger partial charge is 0.224 e. The van der Waals surface area contributed by atoms with Crippen LogP contribution in [0.25, 0.3) is 0 Å². The van der Waals surface area contributed by atoms with Crippen molar-refractivity contribution in [3.05, 3.63) is 0 Å². The normalized spacial score (nSPS) is 40.7. The molecule has 2 heterocycles. The number of hydrogen-bond acceptors (Lipinski definition) is 2. The van der Waals surface area contributed by atoms with E-state index in [4.69, 9.17) is 0 Å². The molecule has 2 aliphatic heterocycles. The van der Waals surface area contributed by atoms with Crippen LogP contribution in [0.1, 0.15) is 6.42 Å². The quantitative estimate of drug-likeness (QED) is 0.526. The predicted octanol–water partition coefficient (Wildman–Crippen LogP) is 0.238. The second kappa shape index (κ2) is 1.90. The summed E-state index contributed by atoms with van der Waals surface area (Å²) in [5.41, 5.74) is 0. The number of carbonyl (C=O) groups excluding carboxylic acids is 1. The summed E-state index contributed by atoms with van der Waals surface area (Å²) < 4.78 is 0. The van der Waals surface area contributed by atoms with Crippen molar-refractivity contribution in [1.82, 2.24) is 5.32 Å². The van der Waals surface area contributed by atoms with Crippen LogP contribution in [0, 0.1) is 5.92 Å². The van der Waals surface area contributed by atoms with E-state index in [1.807, 2.05) is 11.8 Å². The minimum absolute atomic E-state index is 0.282. The van der Waals surface area contributed by atoms with Gasteiger partial charge in [-0.15, -0.1) is 0 Å². The van der Waals surface area contributed by atoms with Crippen molar-refractivity contribution in [3.63, 3.8) is 0 Å². The largest absolute Gasteiger partial charge is 0.352 e. The molecular formula is C6H9NOS. The third kappa shape index (κ3) is 0.834. The maximum Gasteiger partial charge on any atom is 0.224 e. The lowest BCUT2D eigenvalue weighted by molar-refractivity contribution is -0.121. The van der Waals surface area contributed by atoms with Gasteiger partial charge in [0.25, 0.3) is 0 Å². The van der Waals surface area contributed by atoms with E-state index in [2.05, 4.69) is 5.32 Å². The van der Waals surface area contributed by atoms with Crippen LogP contribution in [0.4, 0.5) is 0 Å². The van der Waals surface area contributed by atoms with Gasteiger partial charge in [-0.05, 0) is 6.42 Å². The van der Waals surface area contributed by atoms with E-state index in [0.29, 0.717) is 12.0 Å². The zero-order chi connectivity index (χ0) is 6.27. The van der Waals surface area contributed by atoms with Crippen LogP contribution >= 0.6 is 11.8 Å². The van der Waals surface area contributed by atoms with Crippen molar-refractivity contribution in [3.8, 4) is 0 Å². The number of rotatable bonds is 0. The average Bonchev–Trinajstić information content (AvgIpc) is 2.09. The molecule has 0 aromatic carbocycles. The lowest BCUT2D eigenvalue weighted by atomic mass is 10.1. The van der Waals surface area contributed by atoms with E-state index in [0.717, 1.165) is 17.9 Å². The second-order valence-corrected chi connectivity index (χ2v) is 3.75. The van der Waals surface area contributed by atoms with Crippen molar-refractivity contribution in [2.24, 2.45) is 5.92 Å². The highest BCUT2D eigenvalue weighted by molar-refractivity contribution is 7.99. The zero-order valence-electron chi connectivity index (χ0n) is 5.09. The van der Waals surface area contributed by atoms with Crippen molar-refractivity contribution >= 4 is 17.7 Å². The van der Waals surface area contributed by atoms with Gasteiger partial charge in [0.2, 0.25) is 5.91 Å². The van der Waals surface area contributed by atoms with Crippen LogP contribution < -0.4 is 5.32 Å². The molecule has 3 heteroatoms. The van der Waals surface area contributed by atoms with Crippen LogP contribution in [0.5, 0.6) is 0 Å². The first kappa shape index (κ1) is 5.59. The van der Waals surface area contributed by atoms with E-state index < -0.39 is 0 Å². The van der Waals surface area contributed by atoms with Crippen molar-refractivity contribution < 1.29 is 4.79 Å². The third-order valence-electron chi connectivity index (χ3n) is 1.92. The molecule has 0 aromatic heterocycles. The topological polar surface area (TPSA) is 29.1 Å². The molecule has 2 aliphatic rings. The minimum Gasteiger partial charge on any atom is -0.352 e. The fourth-order valence-electron chi connectivity index (χ4n) is 1.43. The highest BCUT2D eigenvalue weighted by atomic mass is 32.2. The van der Waals surface area contributed by atoms with Gasteiger partial charge in [-0.1, -0.05) is 0 Å². The number of thioether (sulfide) groups is 1. The second-order valence-electron chi connectivity index (χ2n) is 2.68. The Morgan fingerprint density at radius 2 is 2.44 bits per heavy atom. The SMILES string of the molecule is O=C1NC2CSCC1C2. The van der Waals surface area contributed by atoms with Crippen LogP contribution in [-0.4, -0.2) is 23.5 Å². The summed E-state index contributed by atoms with van der Waals surface area (Å²) in [6, 6.07) is 0.501. The molecule has 2 atom stereocenters. The van der Waals surface area contributed by atoms with E-state index >= 15 is 0 Å². The molecule has 50 valence electrons. The van der Waals surface area contributed by atoms with Crippen LogP contribution in [-0.2, 0) is 4.79 Å². The Bertz CT molecular complexity index is 148. The first-order chi connectivity index (χ1) is 4.36. The lowest BCUT2D eigenvalue weighted by Crippen LogP contribution is -2.26. The molecule has 2 rings (SSSR count). The monoisotopic (exact) mass is 143 g/mol. The molecular weight excluding hydrogens is 134 g/mol. The molecule has 2 saturated heterocycles. The Kier molecular flexibility index (Phi) is 1.18. The van der Waals surface area contributed by atoms with Crippen LogP contribution in [0.15, 0.2) is 0 Å². The summed E-state index contributed by atoms with van der Waals surface area (Å²) in [7, 11) is 0. The van der Waals surface area contributed by atoms with Gasteiger partial charge in [-0.2, -0.15) is 11.8 Å². The molecule has 2 unspecified atom stereocenters. The molecule has 0 aliphatic carbocycles. The Balaban J connectivity index is 2.15. The summed E-state index contributed by atoms with van der Waals surface area (Å²) in [4.78, 5) is 10.9. The van der Waals surface area contributed by atoms with E-state index in [1.54, 1.807) is 0 Å². The third-order valence-corrected chi connectivity index (χ3v) is 3.20. The van der Waals surface area contributed by atoms with Crippen molar-refractivity contribution in [2.45, 2.75) is 12.5 Å². The molecule has 0 radical (unpaired) electrons. The number of hydrogen-bond donors (Lipinski definition) is 1. The molecule has 0 spiro atoms. The lowest BCUT2D eigenvalue weighted by Gasteiger charge is -2.13. The van der Waals surface area contributed by atoms with E-state index in [-0.39, 0.29) is 5.91 Å². The molecule has 2 fully saturated rings. The summed E-state index contributed by atoms with van der Waals surface area (Å²) >= 11 is 1.89. The highest BCUT2D eigenvalue weighted by Crippen LogP contribution is 2.28. The number of nitrogens with one attached hydrogen (secondary N) is 1. The fourth-order valence-corrected chi connectivity index (χ4v) is 2.65. The summed E-state index contributed by atoms with van der Waals surface area (Å²) in [5.74, 6) is 2.80. The fraction of sp³-hybridized carbons (Fsp3) is 0.833. The predicted molar refractivity (Wildman–Crippen MR) is 37.4 cm³/mol. The molecule has 2 bridgehead atoms. The van der Waals surface area contributed by atoms with Crippen LogP contribution in [0.3, 0.4) is 0 Å². The number of fused-ring (bicyclic) bond motifs is 2. The molecule has 9 heavy (non-hydrogen) atoms. The van der Waals surface area contributed by atoms with Gasteiger partial charge >= 0.3 is 0 Å². The maximum absolute atomic E-state index is 10.9. The summed E-state index contributed by atoms with van der Waals surface area (Å²) in [5, 5.41) is 2.96. The molecule has 0 saturated carbocycles. The van der Waals surface area contributed by atoms with Crippen molar-refractivity contribution in [2.75, 3.05) is 11.5 Å². The summed E-state index contributed by atoms with van der Waals surface area (Å²) in [6.07, 6.45) is 1.09. The van der Waals surface area contributed by atoms with E-state index in [1.165, 1.54) is 0 Å². The highest BCUT2D eigenvalue weighted by Gasteiger charge is 2.35. The Morgan fingerprint density at radius 1 is 1.56 bits per heavy atom. The van der Waals surface area contributed by atoms with Crippen LogP contribution in [0.2, 0.25) is 0 Å². The van der Waals surface area contributed by atoms with Gasteiger partial charge in [-0.25, -0.2) is 0 Å². The Labute approximate surface area is 58.4 Å². The maximum atomic E-state index is 10.9. The number of carbonyl (C=O) groups is 1. The van der Waals surface area contributed by atoms with Gasteiger partial charge in [0.15, 0.2) is 0 Å². The summed E-state index contributed by atoms with van der Waals surface area (Å²) in [6.45, 7) is 0. The molecule has 0 aromatic rings. The molecule has 1 amide bonds. The minimum atomic E-state index is 0.282. The van der Waals surface area contributed by atoms with Gasteiger partial charge in [0, 0.05) is 23.5 Å². The van der Waals surface area contributed by atoms with Crippen molar-refractivity contribution in [1.29, 1.82) is 0 Å². The zero-order valence-corrected chi connectivity index (χ0v) is 5.91. The number of amides is 1. The van der Waals surface area contributed by atoms with E-state index in [9.17, 15) is 4.79 Å². The van der Waals surface area contributed by atoms with Gasteiger partial charge in [-0.3, -0.25) is 4.79 Å². The standard InChI is InChI=1S/C6H9NOS/c8-6-4-1-5(7-6)3-9-2-4/h4-5H,1-3H2,(H,7,8). The Hall–Kier alpha value is -0.180. The first-order valence-electron chi connectivity index (χ1n) is 3.24. The average molecular weight is 143 g/mol. The van der Waals surface area contributed by atoms with Gasteiger partial charge in [0.1, 0.15) is 0 Å².